The Bertz CT molecular complexity index is 1220. The van der Waals surface area contributed by atoms with Crippen LogP contribution in [-0.2, 0) is 24.2 Å². The van der Waals surface area contributed by atoms with E-state index < -0.39 is 18.4 Å². The number of benzene rings is 3. The molecule has 1 aliphatic rings. The summed E-state index contributed by atoms with van der Waals surface area (Å²) in [7, 11) is 0. The van der Waals surface area contributed by atoms with Crippen molar-refractivity contribution in [2.75, 3.05) is 11.4 Å². The first kappa shape index (κ1) is 27.4. The first-order chi connectivity index (χ1) is 16.3. The quantitative estimate of drug-likeness (QED) is 0.411. The van der Waals surface area contributed by atoms with Crippen LogP contribution in [-0.4, -0.2) is 34.5 Å². The summed E-state index contributed by atoms with van der Waals surface area (Å²) in [4.78, 5) is 35.6. The summed E-state index contributed by atoms with van der Waals surface area (Å²) in [6, 6.07) is 18.3. The zero-order chi connectivity index (χ0) is 24.7. The van der Waals surface area contributed by atoms with Crippen molar-refractivity contribution in [3.8, 4) is 5.75 Å². The Kier molecular flexibility index (Phi) is 9.81. The maximum atomic E-state index is 12.6. The minimum Gasteiger partial charge on any atom is -0.508 e. The van der Waals surface area contributed by atoms with Gasteiger partial charge in [-0.25, -0.2) is 0 Å². The molecule has 8 nitrogen and oxygen atoms in total. The number of carboxylic acid groups (broad SMARTS) is 1. The number of phenols is 1. The highest BCUT2D eigenvalue weighted by Crippen LogP contribution is 2.23. The average Bonchev–Trinajstić information content (AvgIpc) is 3.30. The number of phenolic OH excluding ortho intramolecular Hbond substituents is 1. The maximum Gasteiger partial charge on any atom is 0.323 e. The summed E-state index contributed by atoms with van der Waals surface area (Å²) in [6.45, 7) is -0.221. The standard InChI is InChI=1S/C16H16N2O4.C10H11NO.ClH/c17-9-11-3-1-4-12(7-11)16(22)18(10-15(20)21)13-5-2-6-14(19)8-13;11-10(12)9-5-4-7-2-1-3-8(7)6-9;/h1-8,19H,9-10,17H2,(H,20,21);4-6H,1-3H2,(H2,11,12);1H. The number of hydrogen-bond donors (Lipinski definition) is 4. The van der Waals surface area contributed by atoms with Gasteiger partial charge in [-0.05, 0) is 72.4 Å². The number of halogens is 1. The van der Waals surface area contributed by atoms with E-state index >= 15 is 0 Å². The number of aryl methyl sites for hydroxylation is 2. The molecule has 35 heavy (non-hydrogen) atoms. The molecule has 0 unspecified atom stereocenters. The lowest BCUT2D eigenvalue weighted by atomic mass is 10.1. The van der Waals surface area contributed by atoms with Gasteiger partial charge in [-0.3, -0.25) is 19.3 Å². The lowest BCUT2D eigenvalue weighted by molar-refractivity contribution is -0.135. The third kappa shape index (κ3) is 7.30. The molecule has 3 aromatic rings. The number of amides is 2. The molecule has 4 rings (SSSR count). The van der Waals surface area contributed by atoms with Gasteiger partial charge in [-0.15, -0.1) is 12.4 Å². The number of primary amides is 1. The number of carbonyl (C=O) groups is 3. The number of aromatic hydroxyl groups is 1. The second-order valence-corrected chi connectivity index (χ2v) is 7.91. The normalized spacial score (nSPS) is 11.3. The van der Waals surface area contributed by atoms with Gasteiger partial charge >= 0.3 is 5.97 Å². The van der Waals surface area contributed by atoms with E-state index in [0.29, 0.717) is 16.8 Å². The number of carbonyl (C=O) groups excluding carboxylic acids is 2. The van der Waals surface area contributed by atoms with Gasteiger partial charge in [0.1, 0.15) is 12.3 Å². The number of nitrogens with two attached hydrogens (primary N) is 2. The third-order valence-corrected chi connectivity index (χ3v) is 5.47. The number of carboxylic acids is 1. The summed E-state index contributed by atoms with van der Waals surface area (Å²) in [5, 5.41) is 18.6. The molecule has 0 saturated carbocycles. The van der Waals surface area contributed by atoms with Gasteiger partial charge in [0.2, 0.25) is 5.91 Å². The Balaban J connectivity index is 0.000000280. The smallest absolute Gasteiger partial charge is 0.323 e. The molecule has 9 heteroatoms. The minimum absolute atomic E-state index is 0. The fourth-order valence-electron chi connectivity index (χ4n) is 3.79. The predicted octanol–water partition coefficient (Wildman–Crippen LogP) is 3.28. The molecule has 1 aliphatic carbocycles. The molecule has 0 aromatic heterocycles. The van der Waals surface area contributed by atoms with Crippen LogP contribution in [0.25, 0.3) is 0 Å². The van der Waals surface area contributed by atoms with Crippen molar-refractivity contribution < 1.29 is 24.6 Å². The minimum atomic E-state index is -1.15. The van der Waals surface area contributed by atoms with Gasteiger partial charge in [0.25, 0.3) is 5.91 Å². The predicted molar refractivity (Wildman–Crippen MR) is 136 cm³/mol. The van der Waals surface area contributed by atoms with E-state index in [4.69, 9.17) is 16.6 Å². The highest BCUT2D eigenvalue weighted by molar-refractivity contribution is 6.08. The molecule has 0 heterocycles. The van der Waals surface area contributed by atoms with Gasteiger partial charge in [-0.2, -0.15) is 0 Å². The molecular weight excluding hydrogens is 470 g/mol. The van der Waals surface area contributed by atoms with E-state index in [9.17, 15) is 19.5 Å². The van der Waals surface area contributed by atoms with Crippen LogP contribution in [0.2, 0.25) is 0 Å². The van der Waals surface area contributed by atoms with Gasteiger partial charge in [0.05, 0.1) is 0 Å². The van der Waals surface area contributed by atoms with Crippen LogP contribution in [0.3, 0.4) is 0 Å². The molecule has 0 radical (unpaired) electrons. The first-order valence-electron chi connectivity index (χ1n) is 10.8. The van der Waals surface area contributed by atoms with E-state index in [1.54, 1.807) is 36.4 Å². The second-order valence-electron chi connectivity index (χ2n) is 7.91. The van der Waals surface area contributed by atoms with Crippen LogP contribution in [0.15, 0.2) is 66.7 Å². The molecule has 0 fully saturated rings. The van der Waals surface area contributed by atoms with Crippen LogP contribution in [0, 0.1) is 0 Å². The van der Waals surface area contributed by atoms with Crippen molar-refractivity contribution in [2.24, 2.45) is 11.5 Å². The molecule has 0 spiro atoms. The zero-order valence-corrected chi connectivity index (χ0v) is 19.8. The van der Waals surface area contributed by atoms with Crippen LogP contribution in [0.5, 0.6) is 5.75 Å². The number of nitrogens with zero attached hydrogens (tertiary/aromatic N) is 1. The Morgan fingerprint density at radius 2 is 1.60 bits per heavy atom. The molecule has 0 saturated heterocycles. The highest BCUT2D eigenvalue weighted by atomic mass is 35.5. The summed E-state index contributed by atoms with van der Waals surface area (Å²) >= 11 is 0. The Hall–Kier alpha value is -3.88. The van der Waals surface area contributed by atoms with Crippen molar-refractivity contribution in [1.82, 2.24) is 0 Å². The van der Waals surface area contributed by atoms with Crippen molar-refractivity contribution in [3.63, 3.8) is 0 Å². The van der Waals surface area contributed by atoms with Crippen LogP contribution < -0.4 is 16.4 Å². The third-order valence-electron chi connectivity index (χ3n) is 5.47. The topological polar surface area (TPSA) is 147 Å². The van der Waals surface area contributed by atoms with Gasteiger partial charge in [-0.1, -0.05) is 24.3 Å². The Morgan fingerprint density at radius 3 is 2.26 bits per heavy atom. The summed E-state index contributed by atoms with van der Waals surface area (Å²) in [5.74, 6) is -1.99. The fraction of sp³-hybridized carbons (Fsp3) is 0.192. The van der Waals surface area contributed by atoms with E-state index in [2.05, 4.69) is 0 Å². The van der Waals surface area contributed by atoms with Crippen molar-refractivity contribution in [3.05, 3.63) is 94.5 Å². The molecular formula is C26H28ClN3O5. The molecule has 6 N–H and O–H groups in total. The Labute approximate surface area is 209 Å². The van der Waals surface area contributed by atoms with Gasteiger partial charge in [0, 0.05) is 29.4 Å². The number of anilines is 1. The van der Waals surface area contributed by atoms with Crippen LogP contribution >= 0.6 is 12.4 Å². The summed E-state index contributed by atoms with van der Waals surface area (Å²) in [6.07, 6.45) is 3.45. The number of hydrogen-bond acceptors (Lipinski definition) is 5. The maximum absolute atomic E-state index is 12.6. The van der Waals surface area contributed by atoms with Crippen LogP contribution in [0.4, 0.5) is 5.69 Å². The highest BCUT2D eigenvalue weighted by Gasteiger charge is 2.21. The lowest BCUT2D eigenvalue weighted by Gasteiger charge is -2.21. The van der Waals surface area contributed by atoms with E-state index in [0.717, 1.165) is 23.3 Å². The summed E-state index contributed by atoms with van der Waals surface area (Å²) in [5.41, 5.74) is 15.5. The van der Waals surface area contributed by atoms with Crippen LogP contribution in [0.1, 0.15) is 43.8 Å². The largest absolute Gasteiger partial charge is 0.508 e. The van der Waals surface area contributed by atoms with Crippen molar-refractivity contribution in [1.29, 1.82) is 0 Å². The van der Waals surface area contributed by atoms with Crippen molar-refractivity contribution >= 4 is 35.9 Å². The zero-order valence-electron chi connectivity index (χ0n) is 19.0. The number of aliphatic carboxylic acids is 1. The van der Waals surface area contributed by atoms with Gasteiger partial charge < -0.3 is 21.7 Å². The van der Waals surface area contributed by atoms with Gasteiger partial charge in [0.15, 0.2) is 0 Å². The SMILES string of the molecule is Cl.NC(=O)c1ccc2c(c1)CCC2.NCc1cccc(C(=O)N(CC(=O)O)c2cccc(O)c2)c1. The molecule has 0 aliphatic heterocycles. The summed E-state index contributed by atoms with van der Waals surface area (Å²) < 4.78 is 0. The fourth-order valence-corrected chi connectivity index (χ4v) is 3.79. The monoisotopic (exact) mass is 497 g/mol. The Morgan fingerprint density at radius 1 is 0.886 bits per heavy atom. The lowest BCUT2D eigenvalue weighted by Crippen LogP contribution is -2.35. The average molecular weight is 498 g/mol. The second kappa shape index (κ2) is 12.5. The van der Waals surface area contributed by atoms with E-state index in [-0.39, 0.29) is 30.6 Å². The molecule has 3 aromatic carbocycles. The molecule has 2 amide bonds. The van der Waals surface area contributed by atoms with E-state index in [1.165, 1.54) is 29.7 Å². The van der Waals surface area contributed by atoms with E-state index in [1.807, 2.05) is 18.2 Å². The molecule has 184 valence electrons. The first-order valence-corrected chi connectivity index (χ1v) is 10.8. The number of fused-ring (bicyclic) bond motifs is 1. The van der Waals surface area contributed by atoms with Crippen molar-refractivity contribution in [2.45, 2.75) is 25.8 Å². The molecule has 0 bridgehead atoms. The number of rotatable bonds is 6. The molecule has 0 atom stereocenters.